The van der Waals surface area contributed by atoms with E-state index in [0.29, 0.717) is 23.8 Å². The van der Waals surface area contributed by atoms with E-state index in [9.17, 15) is 9.59 Å². The van der Waals surface area contributed by atoms with Crippen LogP contribution in [0.25, 0.3) is 6.08 Å². The first-order valence-electron chi connectivity index (χ1n) is 8.53. The molecular formula is C20H18N4O3. The summed E-state index contributed by atoms with van der Waals surface area (Å²) in [5.74, 6) is 1.14. The van der Waals surface area contributed by atoms with E-state index in [1.165, 1.54) is 9.58 Å². The molecule has 1 aliphatic heterocycles. The van der Waals surface area contributed by atoms with E-state index >= 15 is 0 Å². The van der Waals surface area contributed by atoms with E-state index in [-0.39, 0.29) is 6.54 Å². The average molecular weight is 362 g/mol. The number of anilines is 1. The van der Waals surface area contributed by atoms with E-state index in [1.54, 1.807) is 31.4 Å². The van der Waals surface area contributed by atoms with E-state index in [1.807, 2.05) is 42.5 Å². The molecule has 1 aliphatic rings. The van der Waals surface area contributed by atoms with Gasteiger partial charge < -0.3 is 4.74 Å². The summed E-state index contributed by atoms with van der Waals surface area (Å²) in [6.07, 6.45) is 3.77. The molecule has 0 fully saturated rings. The van der Waals surface area contributed by atoms with Crippen molar-refractivity contribution < 1.29 is 9.53 Å². The lowest BCUT2D eigenvalue weighted by atomic mass is 10.2. The number of ether oxygens (including phenoxy) is 1. The number of aromatic nitrogens is 3. The molecule has 0 spiro atoms. The van der Waals surface area contributed by atoms with E-state index in [0.717, 1.165) is 10.1 Å². The van der Waals surface area contributed by atoms with Crippen molar-refractivity contribution in [3.63, 3.8) is 0 Å². The highest BCUT2D eigenvalue weighted by molar-refractivity contribution is 5.96. The zero-order valence-corrected chi connectivity index (χ0v) is 14.8. The van der Waals surface area contributed by atoms with Gasteiger partial charge in [0, 0.05) is 5.69 Å². The first-order valence-corrected chi connectivity index (χ1v) is 8.53. The van der Waals surface area contributed by atoms with Crippen molar-refractivity contribution in [3.8, 4) is 5.75 Å². The first kappa shape index (κ1) is 16.8. The highest BCUT2D eigenvalue weighted by atomic mass is 16.5. The smallest absolute Gasteiger partial charge is 0.354 e. The maximum Gasteiger partial charge on any atom is 0.354 e. The van der Waals surface area contributed by atoms with Crippen LogP contribution in [0.15, 0.2) is 65.5 Å². The van der Waals surface area contributed by atoms with Gasteiger partial charge >= 0.3 is 11.7 Å². The van der Waals surface area contributed by atoms with Crippen LogP contribution in [-0.2, 0) is 13.1 Å². The van der Waals surface area contributed by atoms with Gasteiger partial charge in [-0.2, -0.15) is 9.67 Å². The molecule has 2 aromatic carbocycles. The lowest BCUT2D eigenvalue weighted by Crippen LogP contribution is -2.34. The van der Waals surface area contributed by atoms with Crippen LogP contribution in [0.4, 0.5) is 10.5 Å². The van der Waals surface area contributed by atoms with Gasteiger partial charge in [0.15, 0.2) is 5.82 Å². The summed E-state index contributed by atoms with van der Waals surface area (Å²) < 4.78 is 7.56. The maximum atomic E-state index is 12.7. The number of fused-ring (bicyclic) bond motifs is 1. The van der Waals surface area contributed by atoms with Crippen LogP contribution in [0.1, 0.15) is 11.4 Å². The summed E-state index contributed by atoms with van der Waals surface area (Å²) in [7, 11) is 1.58. The number of amides is 1. The molecule has 1 amide bonds. The zero-order valence-electron chi connectivity index (χ0n) is 14.8. The van der Waals surface area contributed by atoms with Gasteiger partial charge in [-0.05, 0) is 29.8 Å². The first-order chi connectivity index (χ1) is 13.2. The van der Waals surface area contributed by atoms with Gasteiger partial charge in [-0.1, -0.05) is 42.5 Å². The van der Waals surface area contributed by atoms with Crippen LogP contribution in [0.5, 0.6) is 5.75 Å². The predicted molar refractivity (Wildman–Crippen MR) is 102 cm³/mol. The van der Waals surface area contributed by atoms with E-state index in [2.05, 4.69) is 5.10 Å². The second-order valence-corrected chi connectivity index (χ2v) is 6.10. The van der Waals surface area contributed by atoms with Crippen molar-refractivity contribution in [1.82, 2.24) is 14.3 Å². The Bertz CT molecular complexity index is 1050. The fourth-order valence-corrected chi connectivity index (χ4v) is 3.01. The van der Waals surface area contributed by atoms with Gasteiger partial charge in [0.05, 0.1) is 20.2 Å². The molecule has 2 heterocycles. The molecule has 0 bridgehead atoms. The minimum Gasteiger partial charge on any atom is -0.497 e. The lowest BCUT2D eigenvalue weighted by molar-refractivity contribution is 0.250. The number of methoxy groups -OCH3 is 1. The van der Waals surface area contributed by atoms with Crippen molar-refractivity contribution in [2.24, 2.45) is 0 Å². The SMILES string of the molecule is COc1ccc(N2Cc3nn(C/C=C/c4ccccc4)c(=O)n3C2=O)cc1. The number of rotatable bonds is 5. The van der Waals surface area contributed by atoms with Crippen LogP contribution in [0.2, 0.25) is 0 Å². The number of benzene rings is 2. The standard InChI is InChI=1S/C20H18N4O3/c1-27-17-11-9-16(10-12-17)22-14-18-21-23(20(26)24(18)19(22)25)13-5-8-15-6-3-2-4-7-15/h2-12H,13-14H2,1H3/b8-5+. The Hall–Kier alpha value is -3.61. The number of carbonyl (C=O) groups is 1. The van der Waals surface area contributed by atoms with Gasteiger partial charge in [-0.3, -0.25) is 4.90 Å². The Balaban J connectivity index is 1.52. The molecule has 4 rings (SSSR count). The van der Waals surface area contributed by atoms with Gasteiger partial charge in [0.25, 0.3) is 0 Å². The van der Waals surface area contributed by atoms with Crippen LogP contribution >= 0.6 is 0 Å². The Morgan fingerprint density at radius 3 is 2.48 bits per heavy atom. The van der Waals surface area contributed by atoms with Crippen molar-refractivity contribution in [2.45, 2.75) is 13.1 Å². The minimum atomic E-state index is -0.427. The van der Waals surface area contributed by atoms with Crippen molar-refractivity contribution >= 4 is 17.8 Å². The Morgan fingerprint density at radius 1 is 1.07 bits per heavy atom. The van der Waals surface area contributed by atoms with Gasteiger partial charge in [-0.15, -0.1) is 0 Å². The molecule has 3 aromatic rings. The number of carbonyl (C=O) groups excluding carboxylic acids is 1. The molecule has 0 unspecified atom stereocenters. The summed E-state index contributed by atoms with van der Waals surface area (Å²) in [6.45, 7) is 0.569. The monoisotopic (exact) mass is 362 g/mol. The third-order valence-electron chi connectivity index (χ3n) is 4.40. The summed E-state index contributed by atoms with van der Waals surface area (Å²) in [4.78, 5) is 26.7. The molecule has 0 N–H and O–H groups in total. The van der Waals surface area contributed by atoms with Gasteiger partial charge in [0.2, 0.25) is 0 Å². The van der Waals surface area contributed by atoms with Crippen LogP contribution in [0, 0.1) is 0 Å². The van der Waals surface area contributed by atoms with Crippen LogP contribution in [0.3, 0.4) is 0 Å². The van der Waals surface area contributed by atoms with Gasteiger partial charge in [0.1, 0.15) is 5.75 Å². The molecule has 136 valence electrons. The molecular weight excluding hydrogens is 344 g/mol. The fraction of sp³-hybridized carbons (Fsp3) is 0.150. The molecule has 1 aromatic heterocycles. The molecule has 7 nitrogen and oxygen atoms in total. The second kappa shape index (κ2) is 6.95. The van der Waals surface area contributed by atoms with Crippen LogP contribution in [-0.4, -0.2) is 27.5 Å². The highest BCUT2D eigenvalue weighted by Gasteiger charge is 2.33. The van der Waals surface area contributed by atoms with Crippen molar-refractivity contribution in [3.05, 3.63) is 82.5 Å². The third-order valence-corrected chi connectivity index (χ3v) is 4.40. The topological polar surface area (TPSA) is 69.4 Å². The van der Waals surface area contributed by atoms with Crippen LogP contribution < -0.4 is 15.3 Å². The number of nitrogens with zero attached hydrogens (tertiary/aromatic N) is 4. The molecule has 0 radical (unpaired) electrons. The zero-order chi connectivity index (χ0) is 18.8. The maximum absolute atomic E-state index is 12.7. The van der Waals surface area contributed by atoms with Crippen molar-refractivity contribution in [2.75, 3.05) is 12.0 Å². The molecule has 0 aliphatic carbocycles. The Morgan fingerprint density at radius 2 is 1.81 bits per heavy atom. The minimum absolute atomic E-state index is 0.260. The fourth-order valence-electron chi connectivity index (χ4n) is 3.01. The number of allylic oxidation sites excluding steroid dienone is 1. The van der Waals surface area contributed by atoms with E-state index < -0.39 is 11.7 Å². The molecule has 27 heavy (non-hydrogen) atoms. The highest BCUT2D eigenvalue weighted by Crippen LogP contribution is 2.24. The molecule has 0 saturated carbocycles. The molecule has 0 saturated heterocycles. The summed E-state index contributed by atoms with van der Waals surface area (Å²) in [5.41, 5.74) is 1.31. The third kappa shape index (κ3) is 3.15. The molecule has 0 atom stereocenters. The van der Waals surface area contributed by atoms with Gasteiger partial charge in [-0.25, -0.2) is 14.3 Å². The summed E-state index contributed by atoms with van der Waals surface area (Å²) >= 11 is 0. The lowest BCUT2D eigenvalue weighted by Gasteiger charge is -2.15. The quantitative estimate of drug-likeness (QED) is 0.700. The summed E-state index contributed by atoms with van der Waals surface area (Å²) in [5, 5.41) is 4.31. The predicted octanol–water partition coefficient (Wildman–Crippen LogP) is 2.76. The largest absolute Gasteiger partial charge is 0.497 e. The Labute approximate surface area is 155 Å². The van der Waals surface area contributed by atoms with Crippen molar-refractivity contribution in [1.29, 1.82) is 0 Å². The second-order valence-electron chi connectivity index (χ2n) is 6.10. The Kier molecular flexibility index (Phi) is 4.33. The number of hydrogen-bond donors (Lipinski definition) is 0. The summed E-state index contributed by atoms with van der Waals surface area (Å²) in [6, 6.07) is 16.5. The average Bonchev–Trinajstić information content (AvgIpc) is 3.19. The molecule has 7 heteroatoms. The number of hydrogen-bond acceptors (Lipinski definition) is 4. The normalized spacial score (nSPS) is 13.4. The van der Waals surface area contributed by atoms with E-state index in [4.69, 9.17) is 4.74 Å².